The number of ether oxygens (including phenoxy) is 1. The Morgan fingerprint density at radius 1 is 1.36 bits per heavy atom. The van der Waals surface area contributed by atoms with Crippen molar-refractivity contribution in [3.05, 3.63) is 86.0 Å². The number of aromatic nitrogens is 2. The average Bonchev–Trinajstić information content (AvgIpc) is 3.70. The molecule has 1 aliphatic rings. The van der Waals surface area contributed by atoms with Gasteiger partial charge in [-0.1, -0.05) is 11.6 Å². The highest BCUT2D eigenvalue weighted by atomic mass is 35.5. The smallest absolute Gasteiger partial charge is 0.277 e. The van der Waals surface area contributed by atoms with Crippen molar-refractivity contribution in [2.24, 2.45) is 21.6 Å². The van der Waals surface area contributed by atoms with E-state index in [0.717, 1.165) is 24.8 Å². The number of aliphatic imine (C=N–C) groups is 2. The van der Waals surface area contributed by atoms with Gasteiger partial charge in [-0.3, -0.25) is 14.3 Å². The van der Waals surface area contributed by atoms with Gasteiger partial charge in [0.15, 0.2) is 5.82 Å². The molecule has 0 aliphatic heterocycles. The molecular weight excluding hydrogens is 528 g/mol. The van der Waals surface area contributed by atoms with Crippen LogP contribution in [0.15, 0.2) is 62.4 Å². The molecule has 11 heteroatoms. The molecule has 0 radical (unpaired) electrons. The average molecular weight is 560 g/mol. The Balaban J connectivity index is 1.80. The van der Waals surface area contributed by atoms with Crippen LogP contribution >= 0.6 is 11.6 Å². The van der Waals surface area contributed by atoms with Gasteiger partial charge in [-0.25, -0.2) is 18.8 Å². The lowest BCUT2D eigenvalue weighted by Gasteiger charge is -2.18. The Hall–Kier alpha value is -3.63. The number of allylic oxidation sites excluding steroid dienone is 3. The number of nitrogens with two attached hydrogens (primary N) is 1. The summed E-state index contributed by atoms with van der Waals surface area (Å²) in [4.78, 5) is 25.7. The largest absolute Gasteiger partial charge is 0.485 e. The molecule has 8 nitrogen and oxygen atoms in total. The maximum Gasteiger partial charge on any atom is 0.277 e. The van der Waals surface area contributed by atoms with Crippen molar-refractivity contribution in [1.29, 1.82) is 0 Å². The van der Waals surface area contributed by atoms with Crippen LogP contribution in [0.2, 0.25) is 5.02 Å². The van der Waals surface area contributed by atoms with Crippen molar-refractivity contribution in [2.75, 3.05) is 0 Å². The maximum absolute atomic E-state index is 13.9. The number of aliphatic hydroxyl groups is 1. The van der Waals surface area contributed by atoms with E-state index in [-0.39, 0.29) is 29.0 Å². The molecule has 0 amide bonds. The lowest BCUT2D eigenvalue weighted by Crippen LogP contribution is -2.28. The second kappa shape index (κ2) is 12.5. The zero-order valence-corrected chi connectivity index (χ0v) is 23.3. The summed E-state index contributed by atoms with van der Waals surface area (Å²) in [5, 5.41) is 9.95. The molecule has 0 spiro atoms. The molecule has 0 saturated heterocycles. The van der Waals surface area contributed by atoms with Crippen LogP contribution in [-0.2, 0) is 6.61 Å². The number of pyridine rings is 2. The molecule has 0 aromatic carbocycles. The highest BCUT2D eigenvalue weighted by Crippen LogP contribution is 2.32. The van der Waals surface area contributed by atoms with E-state index in [2.05, 4.69) is 15.0 Å². The van der Waals surface area contributed by atoms with E-state index in [4.69, 9.17) is 22.1 Å². The number of rotatable bonds is 10. The molecule has 1 aliphatic carbocycles. The number of hydrogen-bond donors (Lipinski definition) is 2. The summed E-state index contributed by atoms with van der Waals surface area (Å²) < 4.78 is 33.8. The second-order valence-electron chi connectivity index (χ2n) is 9.76. The predicted octanol–water partition coefficient (Wildman–Crippen LogP) is 5.32. The van der Waals surface area contributed by atoms with Crippen LogP contribution in [0.1, 0.15) is 51.9 Å². The third-order valence-electron chi connectivity index (χ3n) is 5.83. The number of halogens is 3. The summed E-state index contributed by atoms with van der Waals surface area (Å²) >= 11 is 6.25. The number of hydrogen-bond acceptors (Lipinski definition) is 7. The summed E-state index contributed by atoms with van der Waals surface area (Å²) in [5.41, 5.74) is 6.43. The van der Waals surface area contributed by atoms with Crippen molar-refractivity contribution in [2.45, 2.75) is 59.7 Å². The van der Waals surface area contributed by atoms with Crippen molar-refractivity contribution < 1.29 is 18.6 Å². The zero-order chi connectivity index (χ0) is 28.9. The molecule has 1 fully saturated rings. The first kappa shape index (κ1) is 29.9. The van der Waals surface area contributed by atoms with E-state index < -0.39 is 22.8 Å². The fourth-order valence-electron chi connectivity index (χ4n) is 3.32. The standard InChI is InChI=1S/C28H32ClF2N5O3/c1-6-25(35-21(18-7-8-18)11-24(32)28(4,5)38)34-12-16(2)14-36-17(3)9-23(26(29)27(36)37)39-15-22-20(31)10-19(30)13-33-22/h6,9-14,18,38H,7-8,15,32H2,1-5H3/b16-14+,24-11?,25-6+,34-12-,35-21?. The molecule has 3 rings (SSSR count). The van der Waals surface area contributed by atoms with Gasteiger partial charge in [0.1, 0.15) is 34.7 Å². The van der Waals surface area contributed by atoms with E-state index in [1.54, 1.807) is 52.3 Å². The second-order valence-corrected chi connectivity index (χ2v) is 10.1. The van der Waals surface area contributed by atoms with Gasteiger partial charge in [0, 0.05) is 47.6 Å². The normalized spacial score (nSPS) is 15.8. The van der Waals surface area contributed by atoms with Crippen molar-refractivity contribution in [1.82, 2.24) is 9.55 Å². The monoisotopic (exact) mass is 559 g/mol. The summed E-state index contributed by atoms with van der Waals surface area (Å²) in [7, 11) is 0. The quantitative estimate of drug-likeness (QED) is 0.382. The van der Waals surface area contributed by atoms with Crippen molar-refractivity contribution in [3.8, 4) is 5.75 Å². The summed E-state index contributed by atoms with van der Waals surface area (Å²) in [6.07, 6.45) is 9.45. The lowest BCUT2D eigenvalue weighted by molar-refractivity contribution is 0.118. The van der Waals surface area contributed by atoms with Gasteiger partial charge in [-0.2, -0.15) is 0 Å². The van der Waals surface area contributed by atoms with Crippen LogP contribution in [0.5, 0.6) is 5.75 Å². The van der Waals surface area contributed by atoms with Gasteiger partial charge in [0.05, 0.1) is 11.8 Å². The van der Waals surface area contributed by atoms with E-state index in [1.807, 2.05) is 6.92 Å². The third-order valence-corrected chi connectivity index (χ3v) is 6.18. The first-order valence-electron chi connectivity index (χ1n) is 12.3. The molecule has 0 atom stereocenters. The van der Waals surface area contributed by atoms with E-state index in [9.17, 15) is 18.7 Å². The van der Waals surface area contributed by atoms with Crippen LogP contribution in [0.25, 0.3) is 6.20 Å². The van der Waals surface area contributed by atoms with Gasteiger partial charge in [0.2, 0.25) is 0 Å². The SMILES string of the molecule is C\C=C(N=C(C=C(N)C(C)(C)O)C1CC1)/N=C\C(C)=C\n1c(C)cc(OCc2ncc(F)cc2F)c(Cl)c1=O. The molecule has 208 valence electrons. The van der Waals surface area contributed by atoms with Gasteiger partial charge in [0.25, 0.3) is 5.56 Å². The van der Waals surface area contributed by atoms with Crippen molar-refractivity contribution >= 4 is 29.7 Å². The molecular formula is C28H32ClF2N5O3. The highest BCUT2D eigenvalue weighted by molar-refractivity contribution is 6.31. The van der Waals surface area contributed by atoms with Crippen LogP contribution < -0.4 is 16.0 Å². The minimum Gasteiger partial charge on any atom is -0.485 e. The zero-order valence-electron chi connectivity index (χ0n) is 22.5. The van der Waals surface area contributed by atoms with E-state index >= 15 is 0 Å². The molecule has 0 bridgehead atoms. The number of nitrogens with zero attached hydrogens (tertiary/aromatic N) is 4. The topological polar surface area (TPSA) is 115 Å². The molecule has 1 saturated carbocycles. The number of aryl methyl sites for hydroxylation is 1. The Labute approximate surface area is 230 Å². The molecule has 2 heterocycles. The fourth-order valence-corrected chi connectivity index (χ4v) is 3.52. The van der Waals surface area contributed by atoms with Crippen LogP contribution in [0.4, 0.5) is 8.78 Å². The Kier molecular flexibility index (Phi) is 9.58. The molecule has 2 aromatic rings. The van der Waals surface area contributed by atoms with Gasteiger partial charge < -0.3 is 15.6 Å². The van der Waals surface area contributed by atoms with E-state index in [0.29, 0.717) is 28.9 Å². The lowest BCUT2D eigenvalue weighted by atomic mass is 10.0. The summed E-state index contributed by atoms with van der Waals surface area (Å²) in [6.45, 7) is 8.16. The van der Waals surface area contributed by atoms with Crippen LogP contribution in [-0.4, -0.2) is 32.2 Å². The molecule has 3 N–H and O–H groups in total. The summed E-state index contributed by atoms with van der Waals surface area (Å²) in [5.74, 6) is -0.886. The highest BCUT2D eigenvalue weighted by Gasteiger charge is 2.28. The van der Waals surface area contributed by atoms with Gasteiger partial charge >= 0.3 is 0 Å². The summed E-state index contributed by atoms with van der Waals surface area (Å²) in [6, 6.07) is 2.24. The maximum atomic E-state index is 13.9. The Morgan fingerprint density at radius 3 is 2.64 bits per heavy atom. The molecule has 39 heavy (non-hydrogen) atoms. The first-order valence-corrected chi connectivity index (χ1v) is 12.7. The van der Waals surface area contributed by atoms with Crippen LogP contribution in [0.3, 0.4) is 0 Å². The van der Waals surface area contributed by atoms with Crippen molar-refractivity contribution in [3.63, 3.8) is 0 Å². The van der Waals surface area contributed by atoms with E-state index in [1.165, 1.54) is 10.6 Å². The first-order chi connectivity index (χ1) is 18.3. The van der Waals surface area contributed by atoms with Crippen LogP contribution in [0, 0.1) is 24.5 Å². The molecule has 0 unspecified atom stereocenters. The fraction of sp³-hybridized carbons (Fsp3) is 0.357. The minimum absolute atomic E-state index is 0.0530. The Bertz CT molecular complexity index is 1450. The Morgan fingerprint density at radius 2 is 2.05 bits per heavy atom. The van der Waals surface area contributed by atoms with Gasteiger partial charge in [-0.15, -0.1) is 0 Å². The minimum atomic E-state index is -1.16. The molecule has 2 aromatic heterocycles. The van der Waals surface area contributed by atoms with Gasteiger partial charge in [-0.05, 0) is 65.2 Å². The third kappa shape index (κ3) is 8.18. The predicted molar refractivity (Wildman–Crippen MR) is 150 cm³/mol.